The highest BCUT2D eigenvalue weighted by molar-refractivity contribution is 6.31. The number of imide groups is 1. The fraction of sp³-hybridized carbons (Fsp3) is 0.308. The molecular formula is C26H26Cl2N2O7. The molecule has 2 amide bonds. The van der Waals surface area contributed by atoms with E-state index >= 15 is 0 Å². The van der Waals surface area contributed by atoms with E-state index in [1.54, 1.807) is 38.2 Å². The van der Waals surface area contributed by atoms with Crippen LogP contribution >= 0.6 is 23.2 Å². The minimum atomic E-state index is -1.04. The van der Waals surface area contributed by atoms with Crippen molar-refractivity contribution in [2.24, 2.45) is 0 Å². The zero-order chi connectivity index (χ0) is 26.9. The fourth-order valence-corrected chi connectivity index (χ4v) is 3.92. The molecule has 1 aliphatic rings. The molecule has 3 rings (SSSR count). The Kier molecular flexibility index (Phi) is 10.1. The maximum absolute atomic E-state index is 12.9. The van der Waals surface area contributed by atoms with Gasteiger partial charge >= 0.3 is 11.9 Å². The van der Waals surface area contributed by atoms with Gasteiger partial charge < -0.3 is 19.5 Å². The highest BCUT2D eigenvalue weighted by Gasteiger charge is 2.43. The first-order valence-corrected chi connectivity index (χ1v) is 12.2. The van der Waals surface area contributed by atoms with Gasteiger partial charge in [0.1, 0.15) is 25.0 Å². The summed E-state index contributed by atoms with van der Waals surface area (Å²) < 4.78 is 16.9. The summed E-state index contributed by atoms with van der Waals surface area (Å²) in [7, 11) is 1.64. The molecule has 37 heavy (non-hydrogen) atoms. The standard InChI is InChI=1S/C26H26Cl2N2O7/c1-3-16(13-29-2)24(32)30(15-31)23-12-21(37-26(34)18-6-10-20(28)11-7-18)22(36-23)14-35-25(33)17-4-8-19(27)9-5-17/h4-11,13,15,21-23,29H,3,12,14H2,1-2H3/b16-13-/t21?,22?,23-/m1/s1. The van der Waals surface area contributed by atoms with Crippen molar-refractivity contribution in [1.82, 2.24) is 10.2 Å². The van der Waals surface area contributed by atoms with Gasteiger partial charge in [0.05, 0.1) is 11.1 Å². The monoisotopic (exact) mass is 548 g/mol. The Balaban J connectivity index is 1.78. The van der Waals surface area contributed by atoms with E-state index in [-0.39, 0.29) is 24.2 Å². The second-order valence-corrected chi connectivity index (χ2v) is 8.92. The molecule has 1 heterocycles. The zero-order valence-corrected chi connectivity index (χ0v) is 21.7. The second kappa shape index (κ2) is 13.2. The third-order valence-electron chi connectivity index (χ3n) is 5.61. The van der Waals surface area contributed by atoms with Crippen molar-refractivity contribution in [3.8, 4) is 0 Å². The molecule has 2 aromatic rings. The van der Waals surface area contributed by atoms with Gasteiger partial charge in [-0.15, -0.1) is 0 Å². The lowest BCUT2D eigenvalue weighted by Crippen LogP contribution is -2.40. The molecule has 196 valence electrons. The van der Waals surface area contributed by atoms with Crippen LogP contribution in [0, 0.1) is 0 Å². The summed E-state index contributed by atoms with van der Waals surface area (Å²) in [5, 5.41) is 3.69. The number of benzene rings is 2. The van der Waals surface area contributed by atoms with Gasteiger partial charge in [-0.2, -0.15) is 0 Å². The molecule has 3 atom stereocenters. The smallest absolute Gasteiger partial charge is 0.338 e. The van der Waals surface area contributed by atoms with Gasteiger partial charge in [0, 0.05) is 35.3 Å². The maximum atomic E-state index is 12.9. The lowest BCUT2D eigenvalue weighted by Gasteiger charge is -2.23. The summed E-state index contributed by atoms with van der Waals surface area (Å²) in [6.45, 7) is 1.49. The van der Waals surface area contributed by atoms with E-state index in [0.29, 0.717) is 28.4 Å². The molecular weight excluding hydrogens is 523 g/mol. The minimum absolute atomic E-state index is 0.0104. The number of ether oxygens (including phenoxy) is 3. The van der Waals surface area contributed by atoms with Crippen molar-refractivity contribution in [2.45, 2.75) is 38.2 Å². The Morgan fingerprint density at radius 2 is 1.59 bits per heavy atom. The topological polar surface area (TPSA) is 111 Å². The molecule has 1 fully saturated rings. The number of carbonyl (C=O) groups is 4. The molecule has 0 aliphatic carbocycles. The Labute approximate surface area is 224 Å². The van der Waals surface area contributed by atoms with Gasteiger partial charge in [0.15, 0.2) is 0 Å². The first kappa shape index (κ1) is 28.2. The normalized spacial score (nSPS) is 19.1. The first-order valence-electron chi connectivity index (χ1n) is 11.5. The largest absolute Gasteiger partial charge is 0.459 e. The van der Waals surface area contributed by atoms with E-state index in [1.807, 2.05) is 0 Å². The molecule has 0 bridgehead atoms. The lowest BCUT2D eigenvalue weighted by molar-refractivity contribution is -0.151. The average molecular weight is 549 g/mol. The molecule has 1 saturated heterocycles. The molecule has 0 saturated carbocycles. The number of nitrogens with zero attached hydrogens (tertiary/aromatic N) is 1. The molecule has 1 aliphatic heterocycles. The zero-order valence-electron chi connectivity index (χ0n) is 20.2. The Morgan fingerprint density at radius 1 is 1.03 bits per heavy atom. The van der Waals surface area contributed by atoms with Crippen LogP contribution in [-0.4, -0.2) is 61.2 Å². The van der Waals surface area contributed by atoms with Gasteiger partial charge in [-0.05, 0) is 55.0 Å². The number of carbonyl (C=O) groups excluding carboxylic acids is 4. The van der Waals surface area contributed by atoms with Gasteiger partial charge in [-0.1, -0.05) is 30.1 Å². The van der Waals surface area contributed by atoms with Gasteiger partial charge in [0.25, 0.3) is 5.91 Å². The summed E-state index contributed by atoms with van der Waals surface area (Å²) in [6, 6.07) is 12.2. The number of rotatable bonds is 10. The summed E-state index contributed by atoms with van der Waals surface area (Å²) in [5.74, 6) is -1.85. The van der Waals surface area contributed by atoms with Crippen LogP contribution < -0.4 is 5.32 Å². The van der Waals surface area contributed by atoms with Gasteiger partial charge in [-0.3, -0.25) is 14.5 Å². The Morgan fingerprint density at radius 3 is 2.11 bits per heavy atom. The van der Waals surface area contributed by atoms with Crippen LogP contribution in [0.1, 0.15) is 40.5 Å². The number of esters is 2. The van der Waals surface area contributed by atoms with Crippen molar-refractivity contribution in [1.29, 1.82) is 0 Å². The van der Waals surface area contributed by atoms with E-state index in [1.165, 1.54) is 30.5 Å². The van der Waals surface area contributed by atoms with Crippen molar-refractivity contribution in [3.05, 3.63) is 81.5 Å². The molecule has 2 unspecified atom stereocenters. The van der Waals surface area contributed by atoms with Crippen molar-refractivity contribution in [3.63, 3.8) is 0 Å². The highest BCUT2D eigenvalue weighted by Crippen LogP contribution is 2.28. The second-order valence-electron chi connectivity index (χ2n) is 8.05. The first-order chi connectivity index (χ1) is 17.8. The van der Waals surface area contributed by atoms with Crippen molar-refractivity contribution >= 4 is 47.5 Å². The molecule has 0 aromatic heterocycles. The van der Waals surface area contributed by atoms with Crippen LogP contribution in [0.3, 0.4) is 0 Å². The maximum Gasteiger partial charge on any atom is 0.338 e. The van der Waals surface area contributed by atoms with E-state index in [2.05, 4.69) is 5.32 Å². The predicted octanol–water partition coefficient (Wildman–Crippen LogP) is 3.99. The van der Waals surface area contributed by atoms with E-state index in [4.69, 9.17) is 37.4 Å². The Hall–Kier alpha value is -3.40. The number of hydrogen-bond acceptors (Lipinski definition) is 8. The van der Waals surface area contributed by atoms with Crippen LogP contribution in [0.2, 0.25) is 10.0 Å². The van der Waals surface area contributed by atoms with Crippen LogP contribution in [0.5, 0.6) is 0 Å². The molecule has 11 heteroatoms. The molecule has 2 aromatic carbocycles. The van der Waals surface area contributed by atoms with Gasteiger partial charge in [-0.25, -0.2) is 9.59 Å². The molecule has 9 nitrogen and oxygen atoms in total. The predicted molar refractivity (Wildman–Crippen MR) is 136 cm³/mol. The molecule has 0 spiro atoms. The SMILES string of the molecule is CC/C(=C/NC)C(=O)N(C=O)[C@H]1CC(OC(=O)c2ccc(Cl)cc2)C(COC(=O)c2ccc(Cl)cc2)O1. The lowest BCUT2D eigenvalue weighted by atomic mass is 10.1. The third-order valence-corrected chi connectivity index (χ3v) is 6.11. The third kappa shape index (κ3) is 7.31. The summed E-state index contributed by atoms with van der Waals surface area (Å²) in [5.41, 5.74) is 0.868. The minimum Gasteiger partial charge on any atom is -0.459 e. The van der Waals surface area contributed by atoms with Crippen LogP contribution in [0.15, 0.2) is 60.3 Å². The van der Waals surface area contributed by atoms with Gasteiger partial charge in [0.2, 0.25) is 6.41 Å². The quantitative estimate of drug-likeness (QED) is 0.269. The number of amides is 2. The molecule has 0 radical (unpaired) electrons. The Bertz CT molecular complexity index is 1150. The van der Waals surface area contributed by atoms with Crippen molar-refractivity contribution in [2.75, 3.05) is 13.7 Å². The van der Waals surface area contributed by atoms with Crippen molar-refractivity contribution < 1.29 is 33.4 Å². The summed E-state index contributed by atoms with van der Waals surface area (Å²) in [4.78, 5) is 51.0. The number of halogens is 2. The van der Waals surface area contributed by atoms with Crippen LogP contribution in [-0.2, 0) is 23.8 Å². The highest BCUT2D eigenvalue weighted by atomic mass is 35.5. The van der Waals surface area contributed by atoms with Crippen LogP contribution in [0.25, 0.3) is 0 Å². The average Bonchev–Trinajstić information content (AvgIpc) is 3.28. The summed E-state index contributed by atoms with van der Waals surface area (Å²) in [6.07, 6.45) is -0.675. The van der Waals surface area contributed by atoms with E-state index in [9.17, 15) is 19.2 Å². The number of nitrogens with one attached hydrogen (secondary N) is 1. The van der Waals surface area contributed by atoms with E-state index < -0.39 is 36.3 Å². The molecule has 1 N–H and O–H groups in total. The fourth-order valence-electron chi connectivity index (χ4n) is 3.67. The summed E-state index contributed by atoms with van der Waals surface area (Å²) >= 11 is 11.8. The van der Waals surface area contributed by atoms with E-state index in [0.717, 1.165) is 4.90 Å². The number of hydrogen-bond donors (Lipinski definition) is 1. The van der Waals surface area contributed by atoms with Crippen LogP contribution in [0.4, 0.5) is 0 Å².